The standard InChI is InChI=1S/C19H28N2O2/c1-14(2)15(3)20-18(22)13-21-11-9-17(10-12-21)19(23)16-7-5-4-6-8-16/h4-8,14-15,17H,9-13H2,1-3H3,(H,20,22). The lowest BCUT2D eigenvalue weighted by atomic mass is 9.89. The lowest BCUT2D eigenvalue weighted by molar-refractivity contribution is -0.123. The molecule has 0 spiro atoms. The number of Topliss-reactive ketones (excluding diaryl/α,β-unsaturated/α-hetero) is 1. The van der Waals surface area contributed by atoms with E-state index in [-0.39, 0.29) is 23.7 Å². The number of rotatable bonds is 6. The zero-order valence-electron chi connectivity index (χ0n) is 14.4. The lowest BCUT2D eigenvalue weighted by Crippen LogP contribution is -2.45. The number of nitrogens with zero attached hydrogens (tertiary/aromatic N) is 1. The fourth-order valence-electron chi connectivity index (χ4n) is 2.86. The summed E-state index contributed by atoms with van der Waals surface area (Å²) in [5.41, 5.74) is 0.800. The van der Waals surface area contributed by atoms with Crippen molar-refractivity contribution in [3.05, 3.63) is 35.9 Å². The molecule has 1 unspecified atom stereocenters. The summed E-state index contributed by atoms with van der Waals surface area (Å²) in [6, 6.07) is 9.70. The van der Waals surface area contributed by atoms with Gasteiger partial charge in [-0.25, -0.2) is 0 Å². The molecule has 2 rings (SSSR count). The maximum Gasteiger partial charge on any atom is 0.234 e. The van der Waals surface area contributed by atoms with E-state index >= 15 is 0 Å². The van der Waals surface area contributed by atoms with Gasteiger partial charge in [-0.05, 0) is 38.8 Å². The molecular weight excluding hydrogens is 288 g/mol. The number of carbonyl (C=O) groups excluding carboxylic acids is 2. The molecule has 1 N–H and O–H groups in total. The molecule has 0 bridgehead atoms. The van der Waals surface area contributed by atoms with Gasteiger partial charge in [-0.1, -0.05) is 44.2 Å². The molecule has 4 nitrogen and oxygen atoms in total. The number of nitrogens with one attached hydrogen (secondary N) is 1. The van der Waals surface area contributed by atoms with Gasteiger partial charge >= 0.3 is 0 Å². The zero-order valence-corrected chi connectivity index (χ0v) is 14.4. The predicted molar refractivity (Wildman–Crippen MR) is 92.4 cm³/mol. The van der Waals surface area contributed by atoms with E-state index in [0.717, 1.165) is 31.5 Å². The number of ketones is 1. The van der Waals surface area contributed by atoms with Gasteiger partial charge in [-0.3, -0.25) is 14.5 Å². The SMILES string of the molecule is CC(C)C(C)NC(=O)CN1CCC(C(=O)c2ccccc2)CC1. The van der Waals surface area contributed by atoms with Gasteiger partial charge in [0.05, 0.1) is 6.54 Å². The lowest BCUT2D eigenvalue weighted by Gasteiger charge is -2.31. The molecule has 1 saturated heterocycles. The van der Waals surface area contributed by atoms with Crippen LogP contribution in [-0.2, 0) is 4.79 Å². The molecule has 0 radical (unpaired) electrons. The van der Waals surface area contributed by atoms with Crippen molar-refractivity contribution in [3.63, 3.8) is 0 Å². The van der Waals surface area contributed by atoms with Crippen molar-refractivity contribution < 1.29 is 9.59 Å². The highest BCUT2D eigenvalue weighted by atomic mass is 16.2. The molecule has 1 heterocycles. The number of carbonyl (C=O) groups is 2. The molecule has 1 fully saturated rings. The average molecular weight is 316 g/mol. The van der Waals surface area contributed by atoms with Crippen LogP contribution in [0.1, 0.15) is 44.0 Å². The summed E-state index contributed by atoms with van der Waals surface area (Å²) in [5, 5.41) is 3.04. The van der Waals surface area contributed by atoms with Crippen LogP contribution in [0.5, 0.6) is 0 Å². The number of likely N-dealkylation sites (tertiary alicyclic amines) is 1. The minimum absolute atomic E-state index is 0.0824. The summed E-state index contributed by atoms with van der Waals surface area (Å²) in [7, 11) is 0. The van der Waals surface area contributed by atoms with Crippen molar-refractivity contribution >= 4 is 11.7 Å². The van der Waals surface area contributed by atoms with Crippen molar-refractivity contribution in [2.45, 2.75) is 39.7 Å². The first-order valence-electron chi connectivity index (χ1n) is 8.58. The summed E-state index contributed by atoms with van der Waals surface area (Å²) < 4.78 is 0. The van der Waals surface area contributed by atoms with Crippen LogP contribution in [0.25, 0.3) is 0 Å². The van der Waals surface area contributed by atoms with Crippen LogP contribution in [0.2, 0.25) is 0 Å². The first-order chi connectivity index (χ1) is 11.0. The Morgan fingerprint density at radius 1 is 1.13 bits per heavy atom. The van der Waals surface area contributed by atoms with E-state index in [1.807, 2.05) is 37.3 Å². The predicted octanol–water partition coefficient (Wildman–Crippen LogP) is 2.74. The van der Waals surface area contributed by atoms with Gasteiger partial charge in [-0.15, -0.1) is 0 Å². The third kappa shape index (κ3) is 5.17. The van der Waals surface area contributed by atoms with Crippen molar-refractivity contribution in [2.24, 2.45) is 11.8 Å². The zero-order chi connectivity index (χ0) is 16.8. The number of benzene rings is 1. The number of amides is 1. The second-order valence-electron chi connectivity index (χ2n) is 6.88. The molecule has 1 amide bonds. The van der Waals surface area contributed by atoms with Gasteiger partial charge in [0.2, 0.25) is 5.91 Å². The third-order valence-corrected chi connectivity index (χ3v) is 4.77. The van der Waals surface area contributed by atoms with E-state index in [4.69, 9.17) is 0 Å². The van der Waals surface area contributed by atoms with Crippen LogP contribution in [0.4, 0.5) is 0 Å². The Morgan fingerprint density at radius 3 is 2.30 bits per heavy atom. The molecule has 0 saturated carbocycles. The first kappa shape index (κ1) is 17.7. The van der Waals surface area contributed by atoms with Crippen LogP contribution >= 0.6 is 0 Å². The summed E-state index contributed by atoms with van der Waals surface area (Å²) in [6.45, 7) is 8.30. The molecule has 0 aliphatic carbocycles. The van der Waals surface area contributed by atoms with Gasteiger partial charge in [0, 0.05) is 17.5 Å². The molecule has 1 aromatic carbocycles. The molecule has 1 aliphatic rings. The third-order valence-electron chi connectivity index (χ3n) is 4.77. The Hall–Kier alpha value is -1.68. The second-order valence-corrected chi connectivity index (χ2v) is 6.88. The average Bonchev–Trinajstić information content (AvgIpc) is 2.55. The normalized spacial score (nSPS) is 17.9. The summed E-state index contributed by atoms with van der Waals surface area (Å²) >= 11 is 0. The Labute approximate surface area is 139 Å². The van der Waals surface area contributed by atoms with E-state index in [1.165, 1.54) is 0 Å². The summed E-state index contributed by atoms with van der Waals surface area (Å²) in [6.07, 6.45) is 1.67. The number of hydrogen-bond acceptors (Lipinski definition) is 3. The largest absolute Gasteiger partial charge is 0.352 e. The van der Waals surface area contributed by atoms with Crippen molar-refractivity contribution in [1.82, 2.24) is 10.2 Å². The summed E-state index contributed by atoms with van der Waals surface area (Å²) in [5.74, 6) is 0.849. The summed E-state index contributed by atoms with van der Waals surface area (Å²) in [4.78, 5) is 26.6. The maximum absolute atomic E-state index is 12.5. The molecule has 4 heteroatoms. The smallest absolute Gasteiger partial charge is 0.234 e. The van der Waals surface area contributed by atoms with E-state index in [1.54, 1.807) is 0 Å². The highest BCUT2D eigenvalue weighted by molar-refractivity contribution is 5.97. The Bertz CT molecular complexity index is 519. The molecule has 0 aromatic heterocycles. The number of piperidine rings is 1. The fraction of sp³-hybridized carbons (Fsp3) is 0.579. The van der Waals surface area contributed by atoms with Gasteiger partial charge < -0.3 is 5.32 Å². The second kappa shape index (κ2) is 8.25. The molecule has 1 aromatic rings. The molecule has 1 aliphatic heterocycles. The maximum atomic E-state index is 12.5. The highest BCUT2D eigenvalue weighted by Gasteiger charge is 2.26. The Morgan fingerprint density at radius 2 is 1.74 bits per heavy atom. The van der Waals surface area contributed by atoms with Crippen LogP contribution < -0.4 is 5.32 Å². The van der Waals surface area contributed by atoms with Crippen molar-refractivity contribution in [1.29, 1.82) is 0 Å². The van der Waals surface area contributed by atoms with Crippen LogP contribution in [0, 0.1) is 11.8 Å². The van der Waals surface area contributed by atoms with E-state index < -0.39 is 0 Å². The van der Waals surface area contributed by atoms with Gasteiger partial charge in [0.25, 0.3) is 0 Å². The minimum Gasteiger partial charge on any atom is -0.352 e. The first-order valence-corrected chi connectivity index (χ1v) is 8.58. The van der Waals surface area contributed by atoms with Crippen molar-refractivity contribution in [2.75, 3.05) is 19.6 Å². The number of hydrogen-bond donors (Lipinski definition) is 1. The quantitative estimate of drug-likeness (QED) is 0.821. The fourth-order valence-corrected chi connectivity index (χ4v) is 2.86. The van der Waals surface area contributed by atoms with Gasteiger partial charge in [0.1, 0.15) is 0 Å². The van der Waals surface area contributed by atoms with Gasteiger partial charge in [-0.2, -0.15) is 0 Å². The monoisotopic (exact) mass is 316 g/mol. The van der Waals surface area contributed by atoms with Gasteiger partial charge in [0.15, 0.2) is 5.78 Å². The molecular formula is C19H28N2O2. The molecule has 1 atom stereocenters. The Balaban J connectivity index is 1.78. The topological polar surface area (TPSA) is 49.4 Å². The minimum atomic E-state index is 0.0824. The van der Waals surface area contributed by atoms with E-state index in [9.17, 15) is 9.59 Å². The van der Waals surface area contributed by atoms with Crippen LogP contribution in [-0.4, -0.2) is 42.3 Å². The van der Waals surface area contributed by atoms with Crippen LogP contribution in [0.15, 0.2) is 30.3 Å². The Kier molecular flexibility index (Phi) is 6.34. The molecule has 126 valence electrons. The van der Waals surface area contributed by atoms with Crippen LogP contribution in [0.3, 0.4) is 0 Å². The van der Waals surface area contributed by atoms with Crippen molar-refractivity contribution in [3.8, 4) is 0 Å². The molecule has 23 heavy (non-hydrogen) atoms. The van der Waals surface area contributed by atoms with E-state index in [0.29, 0.717) is 12.5 Å². The highest BCUT2D eigenvalue weighted by Crippen LogP contribution is 2.21. The van der Waals surface area contributed by atoms with E-state index in [2.05, 4.69) is 24.1 Å².